The number of rotatable bonds is 2. The van der Waals surface area contributed by atoms with E-state index in [9.17, 15) is 0 Å². The molecule has 0 saturated heterocycles. The second-order valence-corrected chi connectivity index (χ2v) is 5.65. The number of hydrogen-bond donors (Lipinski definition) is 0. The summed E-state index contributed by atoms with van der Waals surface area (Å²) < 4.78 is 0.977. The first-order valence-corrected chi connectivity index (χ1v) is 6.78. The summed E-state index contributed by atoms with van der Waals surface area (Å²) in [6, 6.07) is 4.00. The third-order valence-corrected chi connectivity index (χ3v) is 3.84. The van der Waals surface area contributed by atoms with Crippen LogP contribution in [0.1, 0.15) is 17.0 Å². The second-order valence-electron chi connectivity index (χ2n) is 3.83. The van der Waals surface area contributed by atoms with Gasteiger partial charge in [-0.1, -0.05) is 0 Å². The Balaban J connectivity index is 2.31. The first-order valence-electron chi connectivity index (χ1n) is 5.17. The van der Waals surface area contributed by atoms with Crippen molar-refractivity contribution in [3.05, 3.63) is 39.8 Å². The molecule has 0 aliphatic carbocycles. The van der Waals surface area contributed by atoms with Crippen LogP contribution in [0.5, 0.6) is 0 Å². The number of nitrogens with zero attached hydrogens (tertiary/aromatic N) is 3. The van der Waals surface area contributed by atoms with Crippen LogP contribution in [0.25, 0.3) is 0 Å². The summed E-state index contributed by atoms with van der Waals surface area (Å²) in [5, 5.41) is 1.63. The third kappa shape index (κ3) is 3.26. The third-order valence-electron chi connectivity index (χ3n) is 2.09. The fraction of sp³-hybridized carbons (Fsp3) is 0.250. The lowest BCUT2D eigenvalue weighted by molar-refractivity contribution is 0.897. The lowest BCUT2D eigenvalue weighted by atomic mass is 10.3. The minimum atomic E-state index is 0.736. The maximum absolute atomic E-state index is 4.38. The molecule has 0 unspecified atom stereocenters. The predicted octanol–water partition coefficient (Wildman–Crippen LogP) is 3.71. The van der Waals surface area contributed by atoms with Crippen molar-refractivity contribution < 1.29 is 0 Å². The van der Waals surface area contributed by atoms with E-state index in [1.54, 1.807) is 0 Å². The summed E-state index contributed by atoms with van der Waals surface area (Å²) in [4.78, 5) is 13.1. The molecule has 5 heteroatoms. The minimum Gasteiger partial charge on any atom is -0.248 e. The smallest absolute Gasteiger partial charge is 0.194 e. The van der Waals surface area contributed by atoms with Gasteiger partial charge in [-0.25, -0.2) is 15.0 Å². The van der Waals surface area contributed by atoms with Crippen molar-refractivity contribution in [2.75, 3.05) is 0 Å². The molecule has 3 nitrogen and oxygen atoms in total. The Labute approximate surface area is 113 Å². The van der Waals surface area contributed by atoms with Gasteiger partial charge in [-0.15, -0.1) is 0 Å². The summed E-state index contributed by atoms with van der Waals surface area (Å²) in [5.41, 5.74) is 3.08. The van der Waals surface area contributed by atoms with Gasteiger partial charge in [-0.05, 0) is 66.2 Å². The molecule has 0 aliphatic rings. The molecule has 17 heavy (non-hydrogen) atoms. The molecule has 0 radical (unpaired) electrons. The molecule has 0 fully saturated rings. The first-order chi connectivity index (χ1) is 8.04. The molecule has 2 heterocycles. The Kier molecular flexibility index (Phi) is 3.79. The zero-order chi connectivity index (χ0) is 12.4. The van der Waals surface area contributed by atoms with Crippen molar-refractivity contribution in [3.8, 4) is 0 Å². The van der Waals surface area contributed by atoms with Crippen LogP contribution in [-0.2, 0) is 0 Å². The molecule has 0 saturated carbocycles. The molecular formula is C12H12BrN3S. The average Bonchev–Trinajstić information content (AvgIpc) is 2.21. The number of aromatic nitrogens is 3. The molecular weight excluding hydrogens is 298 g/mol. The van der Waals surface area contributed by atoms with Crippen LogP contribution < -0.4 is 0 Å². The maximum atomic E-state index is 4.38. The molecule has 0 amide bonds. The van der Waals surface area contributed by atoms with E-state index in [0.717, 1.165) is 31.6 Å². The molecule has 0 atom stereocenters. The predicted molar refractivity (Wildman–Crippen MR) is 72.3 cm³/mol. The zero-order valence-electron chi connectivity index (χ0n) is 9.86. The number of hydrogen-bond acceptors (Lipinski definition) is 4. The van der Waals surface area contributed by atoms with Gasteiger partial charge in [0.05, 0.1) is 4.47 Å². The summed E-state index contributed by atoms with van der Waals surface area (Å²) >= 11 is 4.97. The van der Waals surface area contributed by atoms with Crippen LogP contribution in [0, 0.1) is 20.8 Å². The number of pyridine rings is 1. The summed E-state index contributed by atoms with van der Waals surface area (Å²) in [5.74, 6) is 0. The Hall–Kier alpha value is -0.940. The molecule has 2 aromatic heterocycles. The SMILES string of the molecule is Cc1cnc(Sc2nc(C)cc(C)n2)c(Br)c1. The van der Waals surface area contributed by atoms with Crippen molar-refractivity contribution in [1.82, 2.24) is 15.0 Å². The zero-order valence-corrected chi connectivity index (χ0v) is 12.3. The van der Waals surface area contributed by atoms with Crippen LogP contribution in [0.15, 0.2) is 33.0 Å². The Morgan fingerprint density at radius 2 is 1.71 bits per heavy atom. The van der Waals surface area contributed by atoms with Crippen molar-refractivity contribution in [3.63, 3.8) is 0 Å². The van der Waals surface area contributed by atoms with Crippen LogP contribution in [0.2, 0.25) is 0 Å². The van der Waals surface area contributed by atoms with Crippen LogP contribution in [0.4, 0.5) is 0 Å². The highest BCUT2D eigenvalue weighted by Gasteiger charge is 2.07. The first kappa shape index (κ1) is 12.5. The summed E-state index contributed by atoms with van der Waals surface area (Å²) in [6.45, 7) is 5.95. The van der Waals surface area contributed by atoms with E-state index in [1.165, 1.54) is 11.8 Å². The van der Waals surface area contributed by atoms with Crippen LogP contribution >= 0.6 is 27.7 Å². The van der Waals surface area contributed by atoms with E-state index in [-0.39, 0.29) is 0 Å². The van der Waals surface area contributed by atoms with Crippen molar-refractivity contribution in [2.24, 2.45) is 0 Å². The van der Waals surface area contributed by atoms with E-state index < -0.39 is 0 Å². The van der Waals surface area contributed by atoms with Crippen molar-refractivity contribution >= 4 is 27.7 Å². The van der Waals surface area contributed by atoms with Gasteiger partial charge >= 0.3 is 0 Å². The van der Waals surface area contributed by atoms with Gasteiger partial charge in [0.2, 0.25) is 0 Å². The van der Waals surface area contributed by atoms with Gasteiger partial charge < -0.3 is 0 Å². The Morgan fingerprint density at radius 1 is 1.06 bits per heavy atom. The van der Waals surface area contributed by atoms with Crippen molar-refractivity contribution in [2.45, 2.75) is 31.0 Å². The van der Waals surface area contributed by atoms with Gasteiger partial charge in [0.15, 0.2) is 5.16 Å². The molecule has 0 N–H and O–H groups in total. The van der Waals surface area contributed by atoms with Gasteiger partial charge in [0.1, 0.15) is 5.03 Å². The fourth-order valence-corrected chi connectivity index (χ4v) is 2.94. The minimum absolute atomic E-state index is 0.736. The Bertz CT molecular complexity index is 537. The van der Waals surface area contributed by atoms with E-state index in [4.69, 9.17) is 0 Å². The molecule has 0 bridgehead atoms. The highest BCUT2D eigenvalue weighted by atomic mass is 79.9. The molecule has 88 valence electrons. The molecule has 0 spiro atoms. The summed E-state index contributed by atoms with van der Waals surface area (Å²) in [6.07, 6.45) is 1.84. The molecule has 0 aliphatic heterocycles. The number of halogens is 1. The quantitative estimate of drug-likeness (QED) is 0.793. The Morgan fingerprint density at radius 3 is 2.29 bits per heavy atom. The van der Waals surface area contributed by atoms with Gasteiger partial charge in [-0.3, -0.25) is 0 Å². The summed E-state index contributed by atoms with van der Waals surface area (Å²) in [7, 11) is 0. The standard InChI is InChI=1S/C12H12BrN3S/c1-7-4-10(13)11(14-6-7)17-12-15-8(2)5-9(3)16-12/h4-6H,1-3H3. The van der Waals surface area contributed by atoms with Crippen LogP contribution in [0.3, 0.4) is 0 Å². The lowest BCUT2D eigenvalue weighted by Crippen LogP contribution is -1.93. The van der Waals surface area contributed by atoms with E-state index in [0.29, 0.717) is 0 Å². The van der Waals surface area contributed by atoms with Crippen LogP contribution in [-0.4, -0.2) is 15.0 Å². The average molecular weight is 310 g/mol. The van der Waals surface area contributed by atoms with E-state index in [2.05, 4.69) is 30.9 Å². The maximum Gasteiger partial charge on any atom is 0.194 e. The second kappa shape index (κ2) is 5.14. The lowest BCUT2D eigenvalue weighted by Gasteiger charge is -2.04. The van der Waals surface area contributed by atoms with E-state index >= 15 is 0 Å². The normalized spacial score (nSPS) is 10.6. The molecule has 2 rings (SSSR count). The highest BCUT2D eigenvalue weighted by Crippen LogP contribution is 2.30. The molecule has 2 aromatic rings. The van der Waals surface area contributed by atoms with Gasteiger partial charge in [0, 0.05) is 17.6 Å². The fourth-order valence-electron chi connectivity index (χ4n) is 1.42. The van der Waals surface area contributed by atoms with Gasteiger partial charge in [0.25, 0.3) is 0 Å². The van der Waals surface area contributed by atoms with E-state index in [1.807, 2.05) is 39.1 Å². The monoisotopic (exact) mass is 309 g/mol. The largest absolute Gasteiger partial charge is 0.248 e. The highest BCUT2D eigenvalue weighted by molar-refractivity contribution is 9.10. The molecule has 0 aromatic carbocycles. The van der Waals surface area contributed by atoms with Gasteiger partial charge in [-0.2, -0.15) is 0 Å². The van der Waals surface area contributed by atoms with Crippen molar-refractivity contribution in [1.29, 1.82) is 0 Å². The number of aryl methyl sites for hydroxylation is 3. The topological polar surface area (TPSA) is 38.7 Å².